The summed E-state index contributed by atoms with van der Waals surface area (Å²) in [6, 6.07) is 2.20. The van der Waals surface area contributed by atoms with Crippen molar-refractivity contribution in [1.29, 1.82) is 0 Å². The van der Waals surface area contributed by atoms with E-state index in [9.17, 15) is 4.79 Å². The molecule has 0 radical (unpaired) electrons. The van der Waals surface area contributed by atoms with E-state index in [1.165, 1.54) is 31.9 Å². The number of hydrogen-bond acceptors (Lipinski definition) is 3. The maximum atomic E-state index is 10.8. The summed E-state index contributed by atoms with van der Waals surface area (Å²) in [6.07, 6.45) is 6.45. The van der Waals surface area contributed by atoms with Crippen molar-refractivity contribution in [2.45, 2.75) is 45.2 Å². The van der Waals surface area contributed by atoms with Gasteiger partial charge in [-0.2, -0.15) is 0 Å². The molecule has 0 aromatic carbocycles. The number of aromatic carboxylic acids is 1. The van der Waals surface area contributed by atoms with Crippen LogP contribution in [0.15, 0.2) is 16.7 Å². The van der Waals surface area contributed by atoms with Crippen molar-refractivity contribution in [3.05, 3.63) is 23.7 Å². The third-order valence-corrected chi connectivity index (χ3v) is 3.94. The van der Waals surface area contributed by atoms with Crippen LogP contribution >= 0.6 is 0 Å². The van der Waals surface area contributed by atoms with Gasteiger partial charge in [-0.3, -0.25) is 4.90 Å². The Morgan fingerprint density at radius 3 is 2.83 bits per heavy atom. The van der Waals surface area contributed by atoms with Gasteiger partial charge in [-0.1, -0.05) is 19.8 Å². The molecule has 2 rings (SSSR count). The molecule has 0 saturated heterocycles. The highest BCUT2D eigenvalue weighted by Crippen LogP contribution is 2.28. The second kappa shape index (κ2) is 5.57. The maximum absolute atomic E-state index is 10.8. The van der Waals surface area contributed by atoms with Gasteiger partial charge in [0.15, 0.2) is 0 Å². The third kappa shape index (κ3) is 2.93. The molecule has 0 amide bonds. The molecule has 1 aromatic heterocycles. The minimum atomic E-state index is -0.932. The molecule has 1 aromatic rings. The van der Waals surface area contributed by atoms with Gasteiger partial charge >= 0.3 is 5.97 Å². The summed E-state index contributed by atoms with van der Waals surface area (Å²) < 4.78 is 5.30. The lowest BCUT2D eigenvalue weighted by Gasteiger charge is -2.35. The second-order valence-electron chi connectivity index (χ2n) is 5.35. The Morgan fingerprint density at radius 1 is 1.50 bits per heavy atom. The molecule has 18 heavy (non-hydrogen) atoms. The quantitative estimate of drug-likeness (QED) is 0.893. The Balaban J connectivity index is 1.97. The van der Waals surface area contributed by atoms with Crippen molar-refractivity contribution in [2.24, 2.45) is 5.92 Å². The maximum Gasteiger partial charge on any atom is 0.338 e. The average Bonchev–Trinajstić information content (AvgIpc) is 2.78. The van der Waals surface area contributed by atoms with Crippen LogP contribution in [0.4, 0.5) is 0 Å². The van der Waals surface area contributed by atoms with Gasteiger partial charge < -0.3 is 9.52 Å². The SMILES string of the molecule is CC1CCCCC1N(C)Cc1cc(C(=O)O)co1. The predicted octanol–water partition coefficient (Wildman–Crippen LogP) is 2.99. The summed E-state index contributed by atoms with van der Waals surface area (Å²) in [6.45, 7) is 2.98. The fourth-order valence-electron chi connectivity index (χ4n) is 2.89. The van der Waals surface area contributed by atoms with Gasteiger partial charge in [0.25, 0.3) is 0 Å². The Kier molecular flexibility index (Phi) is 4.07. The Labute approximate surface area is 108 Å². The monoisotopic (exact) mass is 251 g/mol. The van der Waals surface area contributed by atoms with Crippen LogP contribution in [0.5, 0.6) is 0 Å². The van der Waals surface area contributed by atoms with Gasteiger partial charge in [0, 0.05) is 6.04 Å². The second-order valence-corrected chi connectivity index (χ2v) is 5.35. The average molecular weight is 251 g/mol. The van der Waals surface area contributed by atoms with Crippen LogP contribution in [0.2, 0.25) is 0 Å². The van der Waals surface area contributed by atoms with Crippen LogP contribution in [0.1, 0.15) is 48.7 Å². The highest BCUT2D eigenvalue weighted by molar-refractivity contribution is 5.87. The molecule has 4 nitrogen and oxygen atoms in total. The highest BCUT2D eigenvalue weighted by Gasteiger charge is 2.25. The molecule has 1 fully saturated rings. The number of carboxylic acid groups (broad SMARTS) is 1. The summed E-state index contributed by atoms with van der Waals surface area (Å²) in [4.78, 5) is 13.1. The van der Waals surface area contributed by atoms with E-state index in [1.807, 2.05) is 0 Å². The summed E-state index contributed by atoms with van der Waals surface area (Å²) in [5, 5.41) is 8.85. The molecule has 2 atom stereocenters. The van der Waals surface area contributed by atoms with Crippen molar-refractivity contribution in [3.63, 3.8) is 0 Å². The fourth-order valence-corrected chi connectivity index (χ4v) is 2.89. The van der Waals surface area contributed by atoms with Crippen LogP contribution in [-0.2, 0) is 6.54 Å². The standard InChI is InChI=1S/C14H21NO3/c1-10-5-3-4-6-13(10)15(2)8-12-7-11(9-18-12)14(16)17/h7,9-10,13H,3-6,8H2,1-2H3,(H,16,17). The summed E-state index contributed by atoms with van der Waals surface area (Å²) in [5.74, 6) is 0.504. The number of hydrogen-bond donors (Lipinski definition) is 1. The van der Waals surface area contributed by atoms with E-state index in [0.717, 1.165) is 5.76 Å². The number of carboxylic acids is 1. The van der Waals surface area contributed by atoms with Gasteiger partial charge in [-0.05, 0) is 31.9 Å². The van der Waals surface area contributed by atoms with Crippen LogP contribution in [0.25, 0.3) is 0 Å². The van der Waals surface area contributed by atoms with Crippen LogP contribution in [-0.4, -0.2) is 29.1 Å². The molecule has 1 saturated carbocycles. The molecule has 1 N–H and O–H groups in total. The predicted molar refractivity (Wildman–Crippen MR) is 68.6 cm³/mol. The van der Waals surface area contributed by atoms with Gasteiger partial charge in [-0.15, -0.1) is 0 Å². The lowest BCUT2D eigenvalue weighted by molar-refractivity contribution is 0.0696. The third-order valence-electron chi connectivity index (χ3n) is 3.94. The lowest BCUT2D eigenvalue weighted by Crippen LogP contribution is -2.38. The zero-order valence-corrected chi connectivity index (χ0v) is 11.1. The van der Waals surface area contributed by atoms with Crippen LogP contribution in [0.3, 0.4) is 0 Å². The van der Waals surface area contributed by atoms with E-state index in [4.69, 9.17) is 9.52 Å². The van der Waals surface area contributed by atoms with E-state index < -0.39 is 5.97 Å². The molecule has 0 aliphatic heterocycles. The van der Waals surface area contributed by atoms with Crippen molar-refractivity contribution < 1.29 is 14.3 Å². The first kappa shape index (κ1) is 13.1. The minimum Gasteiger partial charge on any atom is -0.478 e. The van der Waals surface area contributed by atoms with Crippen molar-refractivity contribution in [3.8, 4) is 0 Å². The molecule has 0 spiro atoms. The molecular weight excluding hydrogens is 230 g/mol. The highest BCUT2D eigenvalue weighted by atomic mass is 16.4. The first-order valence-corrected chi connectivity index (χ1v) is 6.59. The molecule has 1 heterocycles. The van der Waals surface area contributed by atoms with E-state index >= 15 is 0 Å². The first-order valence-electron chi connectivity index (χ1n) is 6.59. The molecule has 1 aliphatic rings. The number of nitrogens with zero attached hydrogens (tertiary/aromatic N) is 1. The Morgan fingerprint density at radius 2 is 2.22 bits per heavy atom. The van der Waals surface area contributed by atoms with Crippen molar-refractivity contribution in [2.75, 3.05) is 7.05 Å². The number of furan rings is 1. The van der Waals surface area contributed by atoms with Crippen LogP contribution in [0, 0.1) is 5.92 Å². The largest absolute Gasteiger partial charge is 0.478 e. The van der Waals surface area contributed by atoms with Gasteiger partial charge in [0.2, 0.25) is 0 Å². The lowest BCUT2D eigenvalue weighted by atomic mass is 9.85. The number of rotatable bonds is 4. The fraction of sp³-hybridized carbons (Fsp3) is 0.643. The minimum absolute atomic E-state index is 0.232. The van der Waals surface area contributed by atoms with E-state index in [2.05, 4.69) is 18.9 Å². The zero-order chi connectivity index (χ0) is 13.1. The topological polar surface area (TPSA) is 53.7 Å². The first-order chi connectivity index (χ1) is 8.58. The molecule has 1 aliphatic carbocycles. The van der Waals surface area contributed by atoms with Gasteiger partial charge in [0.05, 0.1) is 12.1 Å². The smallest absolute Gasteiger partial charge is 0.338 e. The summed E-state index contributed by atoms with van der Waals surface area (Å²) in [5.41, 5.74) is 0.232. The summed E-state index contributed by atoms with van der Waals surface area (Å²) >= 11 is 0. The molecule has 2 unspecified atom stereocenters. The zero-order valence-electron chi connectivity index (χ0n) is 11.1. The van der Waals surface area contributed by atoms with Crippen molar-refractivity contribution >= 4 is 5.97 Å². The Bertz CT molecular complexity index is 413. The van der Waals surface area contributed by atoms with Crippen molar-refractivity contribution in [1.82, 2.24) is 4.90 Å². The molecule has 0 bridgehead atoms. The molecule has 100 valence electrons. The van der Waals surface area contributed by atoms with Gasteiger partial charge in [0.1, 0.15) is 12.0 Å². The van der Waals surface area contributed by atoms with Gasteiger partial charge in [-0.25, -0.2) is 4.79 Å². The molecular formula is C14H21NO3. The van der Waals surface area contributed by atoms with E-state index in [0.29, 0.717) is 18.5 Å². The normalized spacial score (nSPS) is 24.4. The van der Waals surface area contributed by atoms with E-state index in [1.54, 1.807) is 6.07 Å². The number of carbonyl (C=O) groups is 1. The van der Waals surface area contributed by atoms with Crippen LogP contribution < -0.4 is 0 Å². The molecule has 4 heteroatoms. The van der Waals surface area contributed by atoms with E-state index in [-0.39, 0.29) is 5.56 Å². The summed E-state index contributed by atoms with van der Waals surface area (Å²) in [7, 11) is 2.09. The Hall–Kier alpha value is -1.29.